The summed E-state index contributed by atoms with van der Waals surface area (Å²) in [7, 11) is -3.68. The van der Waals surface area contributed by atoms with E-state index in [4.69, 9.17) is 14.3 Å². The third kappa shape index (κ3) is 5.30. The maximum Gasteiger partial charge on any atom is 0.280 e. The van der Waals surface area contributed by atoms with Gasteiger partial charge >= 0.3 is 0 Å². The first-order chi connectivity index (χ1) is 15.4. The van der Waals surface area contributed by atoms with Crippen LogP contribution in [0.25, 0.3) is 0 Å². The van der Waals surface area contributed by atoms with Gasteiger partial charge in [-0.2, -0.15) is 8.70 Å². The van der Waals surface area contributed by atoms with E-state index < -0.39 is 21.1 Å². The molecule has 1 amide bonds. The van der Waals surface area contributed by atoms with Crippen LogP contribution in [0, 0.1) is 5.13 Å². The molecular formula is C19H21FN4O6S2. The highest BCUT2D eigenvalue weighted by Crippen LogP contribution is 2.20. The topological polar surface area (TPSA) is 119 Å². The van der Waals surface area contributed by atoms with Crippen molar-refractivity contribution in [2.45, 2.75) is 17.4 Å². The average molecular weight is 485 g/mol. The number of benzene rings is 1. The molecule has 172 valence electrons. The summed E-state index contributed by atoms with van der Waals surface area (Å²) in [5.41, 5.74) is 0.238. The summed E-state index contributed by atoms with van der Waals surface area (Å²) in [6, 6.07) is 5.76. The molecule has 1 aromatic heterocycles. The number of carbonyl (C=O) groups is 1. The van der Waals surface area contributed by atoms with Crippen LogP contribution in [0.3, 0.4) is 0 Å². The molecule has 0 saturated carbocycles. The molecule has 2 aliphatic heterocycles. The van der Waals surface area contributed by atoms with Gasteiger partial charge in [0, 0.05) is 25.1 Å². The van der Waals surface area contributed by atoms with Crippen LogP contribution in [0.4, 0.5) is 9.52 Å². The number of nitrogens with one attached hydrogen (secondary N) is 1. The van der Waals surface area contributed by atoms with E-state index >= 15 is 0 Å². The van der Waals surface area contributed by atoms with E-state index in [2.05, 4.69) is 15.5 Å². The SMILES string of the molecule is O=C(Nc1ncc(F)s1)C(=NO[C@@H]1CCOC1)c1ccc(S(=O)(=O)N2CCOCC2)cc1. The van der Waals surface area contributed by atoms with Crippen LogP contribution in [-0.4, -0.2) is 74.9 Å². The molecule has 0 radical (unpaired) electrons. The van der Waals surface area contributed by atoms with E-state index in [1.807, 2.05) is 0 Å². The molecular weight excluding hydrogens is 463 g/mol. The van der Waals surface area contributed by atoms with Crippen molar-refractivity contribution in [3.8, 4) is 0 Å². The fourth-order valence-corrected chi connectivity index (χ4v) is 5.09. The quantitative estimate of drug-likeness (QED) is 0.467. The predicted molar refractivity (Wildman–Crippen MR) is 114 cm³/mol. The lowest BCUT2D eigenvalue weighted by Crippen LogP contribution is -2.40. The van der Waals surface area contributed by atoms with Crippen molar-refractivity contribution in [3.05, 3.63) is 41.2 Å². The number of carbonyl (C=O) groups excluding carboxylic acids is 1. The lowest BCUT2D eigenvalue weighted by molar-refractivity contribution is -0.110. The fraction of sp³-hybridized carbons (Fsp3) is 0.421. The minimum absolute atomic E-state index is 0.0657. The number of anilines is 1. The highest BCUT2D eigenvalue weighted by molar-refractivity contribution is 7.89. The number of hydrogen-bond acceptors (Lipinski definition) is 9. The first kappa shape index (κ1) is 22.7. The Morgan fingerprint density at radius 1 is 1.22 bits per heavy atom. The van der Waals surface area contributed by atoms with E-state index in [-0.39, 0.29) is 34.9 Å². The monoisotopic (exact) mass is 484 g/mol. The van der Waals surface area contributed by atoms with Crippen LogP contribution in [-0.2, 0) is 29.1 Å². The van der Waals surface area contributed by atoms with Crippen LogP contribution in [0.5, 0.6) is 0 Å². The van der Waals surface area contributed by atoms with Crippen molar-refractivity contribution in [3.63, 3.8) is 0 Å². The van der Waals surface area contributed by atoms with Gasteiger partial charge in [-0.3, -0.25) is 10.1 Å². The summed E-state index contributed by atoms with van der Waals surface area (Å²) in [5, 5.41) is 5.99. The molecule has 0 spiro atoms. The highest BCUT2D eigenvalue weighted by Gasteiger charge is 2.27. The third-order valence-electron chi connectivity index (χ3n) is 4.83. The lowest BCUT2D eigenvalue weighted by Gasteiger charge is -2.26. The Balaban J connectivity index is 1.56. The van der Waals surface area contributed by atoms with Crippen molar-refractivity contribution in [1.82, 2.24) is 9.29 Å². The maximum atomic E-state index is 13.2. The Morgan fingerprint density at radius 2 is 1.97 bits per heavy atom. The van der Waals surface area contributed by atoms with Gasteiger partial charge in [-0.15, -0.1) is 0 Å². The number of nitrogens with zero attached hydrogens (tertiary/aromatic N) is 3. The molecule has 1 N–H and O–H groups in total. The van der Waals surface area contributed by atoms with Crippen LogP contribution in [0.1, 0.15) is 12.0 Å². The third-order valence-corrected chi connectivity index (χ3v) is 7.44. The number of sulfonamides is 1. The molecule has 13 heteroatoms. The Bertz CT molecular complexity index is 1080. The molecule has 1 atom stereocenters. The van der Waals surface area contributed by atoms with Gasteiger partial charge in [0.15, 0.2) is 22.1 Å². The standard InChI is InChI=1S/C19H21FN4O6S2/c20-16-11-21-19(31-16)22-18(25)17(23-30-14-5-8-29-12-14)13-1-3-15(4-2-13)32(26,27)24-6-9-28-10-7-24/h1-4,11,14H,5-10,12H2,(H,21,22,25)/t14-/m1/s1. The Hall–Kier alpha value is -2.45. The second kappa shape index (κ2) is 10.0. The summed E-state index contributed by atoms with van der Waals surface area (Å²) < 4.78 is 50.7. The van der Waals surface area contributed by atoms with E-state index in [0.717, 1.165) is 6.20 Å². The number of rotatable bonds is 7. The maximum absolute atomic E-state index is 13.2. The average Bonchev–Trinajstić information content (AvgIpc) is 3.46. The number of oxime groups is 1. The van der Waals surface area contributed by atoms with Gasteiger partial charge in [-0.1, -0.05) is 28.6 Å². The molecule has 2 aliphatic rings. The number of amides is 1. The van der Waals surface area contributed by atoms with Gasteiger partial charge in [0.25, 0.3) is 5.91 Å². The van der Waals surface area contributed by atoms with Crippen molar-refractivity contribution < 1.29 is 31.9 Å². The van der Waals surface area contributed by atoms with Gasteiger partial charge in [0.05, 0.1) is 37.5 Å². The van der Waals surface area contributed by atoms with E-state index in [0.29, 0.717) is 49.7 Å². The number of ether oxygens (including phenoxy) is 2. The fourth-order valence-electron chi connectivity index (χ4n) is 3.14. The lowest BCUT2D eigenvalue weighted by atomic mass is 10.1. The Kier molecular flexibility index (Phi) is 7.10. The second-order valence-electron chi connectivity index (χ2n) is 7.00. The van der Waals surface area contributed by atoms with Gasteiger partial charge in [-0.25, -0.2) is 13.4 Å². The number of aromatic nitrogens is 1. The number of thiazole rings is 1. The zero-order valence-electron chi connectivity index (χ0n) is 16.9. The number of hydrogen-bond donors (Lipinski definition) is 1. The summed E-state index contributed by atoms with van der Waals surface area (Å²) in [5.74, 6) is -0.665. The molecule has 4 rings (SSSR count). The van der Waals surface area contributed by atoms with Crippen LogP contribution < -0.4 is 5.32 Å². The zero-order chi connectivity index (χ0) is 22.6. The zero-order valence-corrected chi connectivity index (χ0v) is 18.5. The van der Waals surface area contributed by atoms with E-state index in [1.54, 1.807) is 0 Å². The van der Waals surface area contributed by atoms with Crippen LogP contribution in [0.15, 0.2) is 40.5 Å². The minimum Gasteiger partial charge on any atom is -0.389 e. The smallest absolute Gasteiger partial charge is 0.280 e. The summed E-state index contributed by atoms with van der Waals surface area (Å²) in [4.78, 5) is 22.1. The normalized spacial score (nSPS) is 20.3. The van der Waals surface area contributed by atoms with Gasteiger partial charge in [0.1, 0.15) is 0 Å². The summed E-state index contributed by atoms with van der Waals surface area (Å²) in [6.07, 6.45) is 1.33. The molecule has 0 unspecified atom stereocenters. The van der Waals surface area contributed by atoms with Gasteiger partial charge < -0.3 is 14.3 Å². The number of morpholine rings is 1. The minimum atomic E-state index is -3.68. The van der Waals surface area contributed by atoms with Crippen molar-refractivity contribution in [1.29, 1.82) is 0 Å². The van der Waals surface area contributed by atoms with Crippen LogP contribution in [0.2, 0.25) is 0 Å². The Morgan fingerprint density at radius 3 is 2.59 bits per heavy atom. The molecule has 32 heavy (non-hydrogen) atoms. The van der Waals surface area contributed by atoms with Crippen LogP contribution >= 0.6 is 11.3 Å². The predicted octanol–water partition coefficient (Wildman–Crippen LogP) is 1.45. The second-order valence-corrected chi connectivity index (χ2v) is 9.91. The first-order valence-electron chi connectivity index (χ1n) is 9.86. The molecule has 2 fully saturated rings. The van der Waals surface area contributed by atoms with Gasteiger partial charge in [0.2, 0.25) is 10.0 Å². The molecule has 2 aromatic rings. The first-order valence-corrected chi connectivity index (χ1v) is 12.1. The molecule has 0 bridgehead atoms. The Labute approximate surface area is 188 Å². The summed E-state index contributed by atoms with van der Waals surface area (Å²) in [6.45, 7) is 2.13. The number of halogens is 1. The molecule has 3 heterocycles. The van der Waals surface area contributed by atoms with E-state index in [1.165, 1.54) is 28.6 Å². The molecule has 10 nitrogen and oxygen atoms in total. The largest absolute Gasteiger partial charge is 0.389 e. The van der Waals surface area contributed by atoms with Crippen molar-refractivity contribution >= 4 is 38.1 Å². The van der Waals surface area contributed by atoms with Crippen molar-refractivity contribution in [2.75, 3.05) is 44.8 Å². The van der Waals surface area contributed by atoms with Gasteiger partial charge in [-0.05, 0) is 12.1 Å². The molecule has 2 saturated heterocycles. The highest BCUT2D eigenvalue weighted by atomic mass is 32.2. The van der Waals surface area contributed by atoms with E-state index in [9.17, 15) is 17.6 Å². The molecule has 0 aliphatic carbocycles. The molecule has 1 aromatic carbocycles. The summed E-state index contributed by atoms with van der Waals surface area (Å²) >= 11 is 0.673. The van der Waals surface area contributed by atoms with Crippen molar-refractivity contribution in [2.24, 2.45) is 5.16 Å².